The van der Waals surface area contributed by atoms with Crippen LogP contribution in [-0.4, -0.2) is 43.7 Å². The standard InChI is InChI=1S/C22H28N2O3/c1-2-27-21-9-7-18(8-10-21)15-22(25)23-16-19-3-5-20(6-4-19)17-24-11-13-26-14-12-24/h3-10H,2,11-17H2,1H3,(H,23,25). The van der Waals surface area contributed by atoms with Crippen molar-refractivity contribution in [1.82, 2.24) is 10.2 Å². The van der Waals surface area contributed by atoms with Crippen molar-refractivity contribution in [2.75, 3.05) is 32.9 Å². The summed E-state index contributed by atoms with van der Waals surface area (Å²) in [7, 11) is 0. The summed E-state index contributed by atoms with van der Waals surface area (Å²) in [6.07, 6.45) is 0.377. The SMILES string of the molecule is CCOc1ccc(CC(=O)NCc2ccc(CN3CCOCC3)cc2)cc1. The van der Waals surface area contributed by atoms with Gasteiger partial charge in [-0.1, -0.05) is 36.4 Å². The fourth-order valence-electron chi connectivity index (χ4n) is 3.10. The molecule has 2 aromatic carbocycles. The predicted octanol–water partition coefficient (Wildman–Crippen LogP) is 2.78. The molecule has 1 N–H and O–H groups in total. The number of ether oxygens (including phenoxy) is 2. The van der Waals surface area contributed by atoms with Crippen molar-refractivity contribution in [2.45, 2.75) is 26.4 Å². The van der Waals surface area contributed by atoms with E-state index in [9.17, 15) is 4.79 Å². The molecule has 3 rings (SSSR count). The summed E-state index contributed by atoms with van der Waals surface area (Å²) in [4.78, 5) is 14.6. The van der Waals surface area contributed by atoms with Gasteiger partial charge >= 0.3 is 0 Å². The number of benzene rings is 2. The molecular weight excluding hydrogens is 340 g/mol. The van der Waals surface area contributed by atoms with E-state index in [-0.39, 0.29) is 5.91 Å². The molecule has 0 radical (unpaired) electrons. The van der Waals surface area contributed by atoms with Crippen molar-refractivity contribution in [2.24, 2.45) is 0 Å². The maximum absolute atomic E-state index is 12.2. The number of nitrogens with zero attached hydrogens (tertiary/aromatic N) is 1. The van der Waals surface area contributed by atoms with Crippen LogP contribution in [0, 0.1) is 0 Å². The van der Waals surface area contributed by atoms with Gasteiger partial charge in [0.2, 0.25) is 5.91 Å². The Bertz CT molecular complexity index is 707. The van der Waals surface area contributed by atoms with Crippen molar-refractivity contribution in [1.29, 1.82) is 0 Å². The minimum Gasteiger partial charge on any atom is -0.494 e. The monoisotopic (exact) mass is 368 g/mol. The fourth-order valence-corrected chi connectivity index (χ4v) is 3.10. The highest BCUT2D eigenvalue weighted by molar-refractivity contribution is 5.78. The molecule has 0 spiro atoms. The number of carbonyl (C=O) groups is 1. The molecular formula is C22H28N2O3. The topological polar surface area (TPSA) is 50.8 Å². The van der Waals surface area contributed by atoms with E-state index in [1.54, 1.807) is 0 Å². The lowest BCUT2D eigenvalue weighted by Crippen LogP contribution is -2.35. The largest absolute Gasteiger partial charge is 0.494 e. The molecule has 1 aliphatic heterocycles. The van der Waals surface area contributed by atoms with Crippen LogP contribution in [0.2, 0.25) is 0 Å². The molecule has 27 heavy (non-hydrogen) atoms. The Morgan fingerprint density at radius 2 is 1.63 bits per heavy atom. The Kier molecular flexibility index (Phi) is 7.25. The zero-order chi connectivity index (χ0) is 18.9. The van der Waals surface area contributed by atoms with Gasteiger partial charge in [-0.05, 0) is 35.7 Å². The summed E-state index contributed by atoms with van der Waals surface area (Å²) in [5, 5.41) is 2.99. The van der Waals surface area contributed by atoms with Crippen LogP contribution < -0.4 is 10.1 Å². The number of hydrogen-bond acceptors (Lipinski definition) is 4. The third-order valence-corrected chi connectivity index (χ3v) is 4.62. The van der Waals surface area contributed by atoms with Gasteiger partial charge in [-0.25, -0.2) is 0 Å². The molecule has 0 saturated carbocycles. The average Bonchev–Trinajstić information content (AvgIpc) is 2.70. The first kappa shape index (κ1) is 19.4. The molecule has 0 atom stereocenters. The Hall–Kier alpha value is -2.37. The van der Waals surface area contributed by atoms with E-state index >= 15 is 0 Å². The van der Waals surface area contributed by atoms with E-state index in [0.717, 1.165) is 49.7 Å². The van der Waals surface area contributed by atoms with E-state index in [0.29, 0.717) is 19.6 Å². The third-order valence-electron chi connectivity index (χ3n) is 4.62. The van der Waals surface area contributed by atoms with Gasteiger partial charge in [0.25, 0.3) is 0 Å². The number of morpholine rings is 1. The molecule has 0 aliphatic carbocycles. The van der Waals surface area contributed by atoms with E-state index in [1.165, 1.54) is 5.56 Å². The highest BCUT2D eigenvalue weighted by atomic mass is 16.5. The van der Waals surface area contributed by atoms with Gasteiger partial charge in [-0.3, -0.25) is 9.69 Å². The van der Waals surface area contributed by atoms with Gasteiger partial charge in [-0.15, -0.1) is 0 Å². The van der Waals surface area contributed by atoms with Gasteiger partial charge in [-0.2, -0.15) is 0 Å². The zero-order valence-corrected chi connectivity index (χ0v) is 15.9. The van der Waals surface area contributed by atoms with Crippen molar-refractivity contribution >= 4 is 5.91 Å². The summed E-state index contributed by atoms with van der Waals surface area (Å²) in [5.74, 6) is 0.857. The molecule has 0 unspecified atom stereocenters. The Morgan fingerprint density at radius 3 is 2.30 bits per heavy atom. The van der Waals surface area contributed by atoms with Gasteiger partial charge in [0, 0.05) is 26.2 Å². The van der Waals surface area contributed by atoms with Crippen LogP contribution in [0.25, 0.3) is 0 Å². The first-order valence-corrected chi connectivity index (χ1v) is 9.59. The Labute approximate surface area is 161 Å². The second-order valence-electron chi connectivity index (χ2n) is 6.74. The van der Waals surface area contributed by atoms with Crippen molar-refractivity contribution in [3.63, 3.8) is 0 Å². The highest BCUT2D eigenvalue weighted by Crippen LogP contribution is 2.13. The van der Waals surface area contributed by atoms with Crippen LogP contribution in [0.3, 0.4) is 0 Å². The molecule has 144 valence electrons. The predicted molar refractivity (Wildman–Crippen MR) is 106 cm³/mol. The fraction of sp³-hybridized carbons (Fsp3) is 0.409. The summed E-state index contributed by atoms with van der Waals surface area (Å²) >= 11 is 0. The number of nitrogens with one attached hydrogen (secondary N) is 1. The van der Waals surface area contributed by atoms with Crippen LogP contribution in [0.15, 0.2) is 48.5 Å². The molecule has 1 heterocycles. The normalized spacial score (nSPS) is 14.7. The molecule has 0 aromatic heterocycles. The van der Waals surface area contributed by atoms with E-state index < -0.39 is 0 Å². The second-order valence-corrected chi connectivity index (χ2v) is 6.74. The molecule has 1 amide bonds. The van der Waals surface area contributed by atoms with Gasteiger partial charge in [0.05, 0.1) is 26.2 Å². The van der Waals surface area contributed by atoms with Crippen molar-refractivity contribution in [3.05, 3.63) is 65.2 Å². The highest BCUT2D eigenvalue weighted by Gasteiger charge is 2.10. The van der Waals surface area contributed by atoms with Crippen molar-refractivity contribution in [3.8, 4) is 5.75 Å². The smallest absolute Gasteiger partial charge is 0.224 e. The summed E-state index contributed by atoms with van der Waals surface area (Å²) in [6, 6.07) is 16.1. The maximum atomic E-state index is 12.2. The van der Waals surface area contributed by atoms with E-state index in [2.05, 4.69) is 34.5 Å². The third kappa shape index (κ3) is 6.38. The molecule has 1 saturated heterocycles. The van der Waals surface area contributed by atoms with Crippen LogP contribution in [0.4, 0.5) is 0 Å². The Morgan fingerprint density at radius 1 is 1.00 bits per heavy atom. The summed E-state index contributed by atoms with van der Waals surface area (Å²) in [5.41, 5.74) is 3.39. The van der Waals surface area contributed by atoms with E-state index in [1.807, 2.05) is 31.2 Å². The lowest BCUT2D eigenvalue weighted by Gasteiger charge is -2.26. The first-order valence-electron chi connectivity index (χ1n) is 9.59. The van der Waals surface area contributed by atoms with Gasteiger partial charge in [0.15, 0.2) is 0 Å². The summed E-state index contributed by atoms with van der Waals surface area (Å²) < 4.78 is 10.8. The van der Waals surface area contributed by atoms with Gasteiger partial charge in [0.1, 0.15) is 5.75 Å². The molecule has 1 fully saturated rings. The second kappa shape index (κ2) is 10.1. The molecule has 5 heteroatoms. The quantitative estimate of drug-likeness (QED) is 0.778. The number of hydrogen-bond donors (Lipinski definition) is 1. The van der Waals surface area contributed by atoms with Crippen LogP contribution in [-0.2, 0) is 29.0 Å². The average molecular weight is 368 g/mol. The molecule has 5 nitrogen and oxygen atoms in total. The minimum absolute atomic E-state index is 0.0246. The lowest BCUT2D eigenvalue weighted by molar-refractivity contribution is -0.120. The number of rotatable bonds is 8. The molecule has 0 bridgehead atoms. The first-order chi connectivity index (χ1) is 13.2. The van der Waals surface area contributed by atoms with E-state index in [4.69, 9.17) is 9.47 Å². The minimum atomic E-state index is 0.0246. The summed E-state index contributed by atoms with van der Waals surface area (Å²) in [6.45, 7) is 7.71. The van der Waals surface area contributed by atoms with Crippen LogP contribution in [0.5, 0.6) is 5.75 Å². The maximum Gasteiger partial charge on any atom is 0.224 e. The molecule has 2 aromatic rings. The number of amides is 1. The van der Waals surface area contributed by atoms with Crippen LogP contribution in [0.1, 0.15) is 23.6 Å². The van der Waals surface area contributed by atoms with Crippen LogP contribution >= 0.6 is 0 Å². The van der Waals surface area contributed by atoms with Crippen molar-refractivity contribution < 1.29 is 14.3 Å². The zero-order valence-electron chi connectivity index (χ0n) is 15.9. The number of carbonyl (C=O) groups excluding carboxylic acids is 1. The Balaban J connectivity index is 1.42. The lowest BCUT2D eigenvalue weighted by atomic mass is 10.1. The molecule has 1 aliphatic rings. The van der Waals surface area contributed by atoms with Gasteiger partial charge < -0.3 is 14.8 Å².